The minimum absolute atomic E-state index is 0.517. The van der Waals surface area contributed by atoms with Crippen LogP contribution in [0.2, 0.25) is 0 Å². The van der Waals surface area contributed by atoms with E-state index in [-0.39, 0.29) is 0 Å². The summed E-state index contributed by atoms with van der Waals surface area (Å²) in [5.74, 6) is 0.517. The molecule has 2 heterocycles. The highest BCUT2D eigenvalue weighted by Gasteiger charge is 2.19. The lowest BCUT2D eigenvalue weighted by molar-refractivity contribution is 0.160. The second kappa shape index (κ2) is 3.84. The number of fused-ring (bicyclic) bond motifs is 1. The molecule has 0 unspecified atom stereocenters. The molecule has 2 atom stereocenters. The van der Waals surface area contributed by atoms with Crippen molar-refractivity contribution >= 4 is 21.6 Å². The molecule has 2 aromatic heterocycles. The molecule has 3 N–H and O–H groups in total. The zero-order chi connectivity index (χ0) is 11.0. The number of rotatable bonds is 2. The third-order valence-electron chi connectivity index (χ3n) is 2.13. The molecule has 0 saturated carbocycles. The molecule has 80 valence electrons. The summed E-state index contributed by atoms with van der Waals surface area (Å²) in [6, 6.07) is -0.561. The van der Waals surface area contributed by atoms with E-state index in [0.29, 0.717) is 16.1 Å². The van der Waals surface area contributed by atoms with Gasteiger partial charge in [-0.05, 0) is 22.9 Å². The molecule has 0 aliphatic rings. The number of aromatic nitrogens is 4. The lowest BCUT2D eigenvalue weighted by Crippen LogP contribution is -2.25. The van der Waals surface area contributed by atoms with Gasteiger partial charge in [0.2, 0.25) is 0 Å². The second-order valence-electron chi connectivity index (χ2n) is 3.24. The second-order valence-corrected chi connectivity index (χ2v) is 3.99. The first-order valence-electron chi connectivity index (χ1n) is 4.40. The van der Waals surface area contributed by atoms with Gasteiger partial charge in [0, 0.05) is 12.4 Å². The predicted octanol–water partition coefficient (Wildman–Crippen LogP) is 0.267. The van der Waals surface area contributed by atoms with Gasteiger partial charge in [-0.1, -0.05) is 0 Å². The summed E-state index contributed by atoms with van der Waals surface area (Å²) >= 11 is 3.26. The molecule has 0 aliphatic carbocycles. The molecule has 0 amide bonds. The van der Waals surface area contributed by atoms with E-state index in [4.69, 9.17) is 5.73 Å². The largest absolute Gasteiger partial charge is 0.391 e. The van der Waals surface area contributed by atoms with Gasteiger partial charge in [-0.15, -0.1) is 10.2 Å². The molecule has 0 fully saturated rings. The van der Waals surface area contributed by atoms with Gasteiger partial charge in [0.1, 0.15) is 0 Å². The number of hydrogen-bond acceptors (Lipinski definition) is 5. The number of nitrogens with two attached hydrogens (primary N) is 1. The fourth-order valence-electron chi connectivity index (χ4n) is 1.26. The Balaban J connectivity index is 2.59. The van der Waals surface area contributed by atoms with Gasteiger partial charge in [0.15, 0.2) is 16.1 Å². The van der Waals surface area contributed by atoms with Gasteiger partial charge in [-0.3, -0.25) is 4.40 Å². The number of halogens is 1. The van der Waals surface area contributed by atoms with E-state index in [2.05, 4.69) is 31.1 Å². The lowest BCUT2D eigenvalue weighted by atomic mass is 10.2. The molecule has 2 rings (SSSR count). The zero-order valence-electron chi connectivity index (χ0n) is 8.00. The molecule has 0 aliphatic heterocycles. The maximum absolute atomic E-state index is 9.39. The van der Waals surface area contributed by atoms with Crippen molar-refractivity contribution in [3.05, 3.63) is 22.8 Å². The maximum Gasteiger partial charge on any atom is 0.194 e. The molecular formula is C8H10BrN5O. The minimum atomic E-state index is -0.677. The predicted molar refractivity (Wildman–Crippen MR) is 57.1 cm³/mol. The smallest absolute Gasteiger partial charge is 0.194 e. The Morgan fingerprint density at radius 1 is 1.53 bits per heavy atom. The van der Waals surface area contributed by atoms with Crippen molar-refractivity contribution in [2.75, 3.05) is 0 Å². The zero-order valence-corrected chi connectivity index (χ0v) is 9.59. The van der Waals surface area contributed by atoms with E-state index >= 15 is 0 Å². The Hall–Kier alpha value is -1.05. The lowest BCUT2D eigenvalue weighted by Gasteiger charge is -2.12. The van der Waals surface area contributed by atoms with Crippen LogP contribution in [-0.4, -0.2) is 30.8 Å². The summed E-state index contributed by atoms with van der Waals surface area (Å²) < 4.78 is 2.30. The van der Waals surface area contributed by atoms with Crippen LogP contribution in [0, 0.1) is 0 Å². The van der Waals surface area contributed by atoms with Crippen LogP contribution in [0.15, 0.2) is 17.0 Å². The van der Waals surface area contributed by atoms with Crippen LogP contribution in [-0.2, 0) is 0 Å². The van der Waals surface area contributed by atoms with Crippen molar-refractivity contribution in [3.8, 4) is 0 Å². The molecule has 0 bridgehead atoms. The average Bonchev–Trinajstić information content (AvgIpc) is 2.61. The Morgan fingerprint density at radius 2 is 2.27 bits per heavy atom. The third-order valence-corrected chi connectivity index (χ3v) is 2.69. The number of aliphatic hydroxyl groups excluding tert-OH is 1. The quantitative estimate of drug-likeness (QED) is 0.819. The highest BCUT2D eigenvalue weighted by atomic mass is 79.9. The van der Waals surface area contributed by atoms with Gasteiger partial charge in [0.25, 0.3) is 0 Å². The van der Waals surface area contributed by atoms with Crippen LogP contribution in [0.5, 0.6) is 0 Å². The molecule has 0 saturated heterocycles. The summed E-state index contributed by atoms with van der Waals surface area (Å²) in [5.41, 5.74) is 6.38. The normalized spacial score (nSPS) is 15.5. The van der Waals surface area contributed by atoms with Crippen molar-refractivity contribution in [2.24, 2.45) is 5.73 Å². The topological polar surface area (TPSA) is 89.3 Å². The van der Waals surface area contributed by atoms with Gasteiger partial charge < -0.3 is 10.8 Å². The Labute approximate surface area is 94.3 Å². The van der Waals surface area contributed by atoms with E-state index < -0.39 is 12.1 Å². The molecule has 0 spiro atoms. The van der Waals surface area contributed by atoms with Crippen molar-refractivity contribution in [1.82, 2.24) is 19.6 Å². The summed E-state index contributed by atoms with van der Waals surface area (Å²) in [4.78, 5) is 4.01. The van der Waals surface area contributed by atoms with E-state index in [9.17, 15) is 5.11 Å². The number of aliphatic hydroxyl groups is 1. The van der Waals surface area contributed by atoms with Gasteiger partial charge in [-0.25, -0.2) is 4.98 Å². The Kier molecular flexibility index (Phi) is 2.68. The highest BCUT2D eigenvalue weighted by Crippen LogP contribution is 2.17. The molecule has 7 heteroatoms. The van der Waals surface area contributed by atoms with Crippen molar-refractivity contribution < 1.29 is 5.11 Å². The van der Waals surface area contributed by atoms with E-state index in [1.54, 1.807) is 23.7 Å². The van der Waals surface area contributed by atoms with E-state index in [0.717, 1.165) is 0 Å². The molecule has 2 aromatic rings. The van der Waals surface area contributed by atoms with Crippen LogP contribution in [0.25, 0.3) is 5.65 Å². The Morgan fingerprint density at radius 3 is 2.93 bits per heavy atom. The minimum Gasteiger partial charge on any atom is -0.391 e. The SMILES string of the molecule is C[C@H](O)[C@H](N)c1nnc2c(Br)nccn12. The summed E-state index contributed by atoms with van der Waals surface area (Å²) in [6.07, 6.45) is 2.64. The number of hydrogen-bond donors (Lipinski definition) is 2. The highest BCUT2D eigenvalue weighted by molar-refractivity contribution is 9.10. The fraction of sp³-hybridized carbons (Fsp3) is 0.375. The fourth-order valence-corrected chi connectivity index (χ4v) is 1.65. The third kappa shape index (κ3) is 1.73. The van der Waals surface area contributed by atoms with E-state index in [1.165, 1.54) is 0 Å². The standard InChI is InChI=1S/C8H10BrN5O/c1-4(15)5(10)7-12-13-8-6(9)11-2-3-14(7)8/h2-5,15H,10H2,1H3/t4-,5-/m0/s1. The monoisotopic (exact) mass is 271 g/mol. The summed E-state index contributed by atoms with van der Waals surface area (Å²) in [5, 5.41) is 17.3. The average molecular weight is 272 g/mol. The van der Waals surface area contributed by atoms with Gasteiger partial charge in [-0.2, -0.15) is 0 Å². The Bertz CT molecular complexity index is 483. The maximum atomic E-state index is 9.39. The molecule has 0 radical (unpaired) electrons. The summed E-state index contributed by atoms with van der Waals surface area (Å²) in [6.45, 7) is 1.61. The molecular weight excluding hydrogens is 262 g/mol. The number of nitrogens with zero attached hydrogens (tertiary/aromatic N) is 4. The van der Waals surface area contributed by atoms with Gasteiger partial charge in [0.05, 0.1) is 12.1 Å². The van der Waals surface area contributed by atoms with Crippen LogP contribution >= 0.6 is 15.9 Å². The van der Waals surface area contributed by atoms with Crippen molar-refractivity contribution in [1.29, 1.82) is 0 Å². The first-order valence-corrected chi connectivity index (χ1v) is 5.19. The molecule has 0 aromatic carbocycles. The van der Waals surface area contributed by atoms with Crippen LogP contribution in [0.3, 0.4) is 0 Å². The molecule has 6 nitrogen and oxygen atoms in total. The van der Waals surface area contributed by atoms with Gasteiger partial charge >= 0.3 is 0 Å². The van der Waals surface area contributed by atoms with Crippen LogP contribution < -0.4 is 5.73 Å². The van der Waals surface area contributed by atoms with Crippen molar-refractivity contribution in [3.63, 3.8) is 0 Å². The first kappa shape index (κ1) is 10.5. The summed E-state index contributed by atoms with van der Waals surface area (Å²) in [7, 11) is 0. The van der Waals surface area contributed by atoms with E-state index in [1.807, 2.05) is 0 Å². The molecule has 15 heavy (non-hydrogen) atoms. The van der Waals surface area contributed by atoms with Crippen LogP contribution in [0.4, 0.5) is 0 Å². The first-order chi connectivity index (χ1) is 7.11. The van der Waals surface area contributed by atoms with Crippen molar-refractivity contribution in [2.45, 2.75) is 19.1 Å². The van der Waals surface area contributed by atoms with Crippen LogP contribution in [0.1, 0.15) is 18.8 Å².